The van der Waals surface area contributed by atoms with Gasteiger partial charge < -0.3 is 4.98 Å². The molecule has 3 heteroatoms. The third kappa shape index (κ3) is 2.18. The minimum atomic E-state index is 0.0818. The first kappa shape index (κ1) is 7.98. The Morgan fingerprint density at radius 2 is 2.55 bits per heavy atom. The molecule has 3 nitrogen and oxygen atoms in total. The minimum absolute atomic E-state index is 0.0818. The predicted molar refractivity (Wildman–Crippen MR) is 42.1 cm³/mol. The smallest absolute Gasteiger partial charge is 0.133 e. The lowest BCUT2D eigenvalue weighted by atomic mass is 10.0. The number of hydrogen-bond acceptors (Lipinski definition) is 2. The highest BCUT2D eigenvalue weighted by molar-refractivity contribution is 5.78. The maximum Gasteiger partial charge on any atom is 0.133 e. The van der Waals surface area contributed by atoms with Crippen molar-refractivity contribution in [2.75, 3.05) is 0 Å². The van der Waals surface area contributed by atoms with Crippen molar-refractivity contribution in [1.82, 2.24) is 9.97 Å². The fraction of sp³-hybridized carbons (Fsp3) is 0.500. The molecule has 0 fully saturated rings. The number of imidazole rings is 1. The number of carbonyl (C=O) groups excluding carboxylic acids is 1. The van der Waals surface area contributed by atoms with Gasteiger partial charge in [0.15, 0.2) is 0 Å². The van der Waals surface area contributed by atoms with Gasteiger partial charge in [0, 0.05) is 18.5 Å². The van der Waals surface area contributed by atoms with Gasteiger partial charge in [0.2, 0.25) is 0 Å². The number of hydrogen-bond donors (Lipinski definition) is 1. The number of rotatable bonds is 3. The molecular formula is C8H12N2O. The molecule has 1 N–H and O–H groups in total. The van der Waals surface area contributed by atoms with Crippen LogP contribution in [0.25, 0.3) is 0 Å². The lowest BCUT2D eigenvalue weighted by Gasteiger charge is -2.02. The SMILES string of the molecule is CC(=O)[C@H](C)Cc1c[nH]cn1. The van der Waals surface area contributed by atoms with Crippen molar-refractivity contribution in [2.24, 2.45) is 5.92 Å². The van der Waals surface area contributed by atoms with Crippen molar-refractivity contribution in [3.8, 4) is 0 Å². The molecule has 1 aromatic heterocycles. The van der Waals surface area contributed by atoms with Crippen molar-refractivity contribution < 1.29 is 4.79 Å². The zero-order valence-electron chi connectivity index (χ0n) is 6.79. The van der Waals surface area contributed by atoms with E-state index in [9.17, 15) is 4.79 Å². The van der Waals surface area contributed by atoms with E-state index in [1.165, 1.54) is 0 Å². The molecule has 0 aromatic carbocycles. The van der Waals surface area contributed by atoms with Crippen LogP contribution in [0.3, 0.4) is 0 Å². The van der Waals surface area contributed by atoms with Crippen LogP contribution < -0.4 is 0 Å². The summed E-state index contributed by atoms with van der Waals surface area (Å²) in [6.45, 7) is 3.52. The summed E-state index contributed by atoms with van der Waals surface area (Å²) in [4.78, 5) is 17.7. The van der Waals surface area contributed by atoms with Gasteiger partial charge >= 0.3 is 0 Å². The fourth-order valence-corrected chi connectivity index (χ4v) is 0.860. The monoisotopic (exact) mass is 152 g/mol. The van der Waals surface area contributed by atoms with Gasteiger partial charge in [-0.25, -0.2) is 4.98 Å². The molecule has 60 valence electrons. The van der Waals surface area contributed by atoms with Gasteiger partial charge in [-0.3, -0.25) is 4.79 Å². The second-order valence-corrected chi connectivity index (χ2v) is 2.78. The highest BCUT2D eigenvalue weighted by atomic mass is 16.1. The van der Waals surface area contributed by atoms with Crippen LogP contribution in [-0.4, -0.2) is 15.8 Å². The Kier molecular flexibility index (Phi) is 2.41. The van der Waals surface area contributed by atoms with Crippen LogP contribution in [0.2, 0.25) is 0 Å². The van der Waals surface area contributed by atoms with Crippen LogP contribution >= 0.6 is 0 Å². The van der Waals surface area contributed by atoms with Crippen molar-refractivity contribution in [1.29, 1.82) is 0 Å². The van der Waals surface area contributed by atoms with E-state index >= 15 is 0 Å². The Bertz CT molecular complexity index is 228. The van der Waals surface area contributed by atoms with Crippen LogP contribution in [0.5, 0.6) is 0 Å². The Morgan fingerprint density at radius 1 is 1.82 bits per heavy atom. The summed E-state index contributed by atoms with van der Waals surface area (Å²) in [5, 5.41) is 0. The standard InChI is InChI=1S/C8H12N2O/c1-6(7(2)11)3-8-4-9-5-10-8/h4-6H,3H2,1-2H3,(H,9,10)/t6-/m1/s1. The third-order valence-electron chi connectivity index (χ3n) is 1.76. The Balaban J connectivity index is 2.50. The molecule has 0 saturated carbocycles. The van der Waals surface area contributed by atoms with E-state index in [0.29, 0.717) is 0 Å². The third-order valence-corrected chi connectivity index (χ3v) is 1.76. The highest BCUT2D eigenvalue weighted by Gasteiger charge is 2.08. The second kappa shape index (κ2) is 3.32. The van der Waals surface area contributed by atoms with Gasteiger partial charge in [-0.2, -0.15) is 0 Å². The van der Waals surface area contributed by atoms with Crippen molar-refractivity contribution in [3.63, 3.8) is 0 Å². The number of nitrogens with one attached hydrogen (secondary N) is 1. The molecule has 1 aromatic rings. The molecular weight excluding hydrogens is 140 g/mol. The molecule has 1 atom stereocenters. The first-order valence-electron chi connectivity index (χ1n) is 3.68. The minimum Gasteiger partial charge on any atom is -0.351 e. The maximum atomic E-state index is 10.8. The molecule has 0 saturated heterocycles. The Morgan fingerprint density at radius 3 is 3.00 bits per heavy atom. The maximum absolute atomic E-state index is 10.8. The van der Waals surface area contributed by atoms with Gasteiger partial charge in [-0.05, 0) is 6.92 Å². The number of carbonyl (C=O) groups is 1. The topological polar surface area (TPSA) is 45.8 Å². The number of Topliss-reactive ketones (excluding diaryl/α,β-unsaturated/α-hetero) is 1. The van der Waals surface area contributed by atoms with Crippen molar-refractivity contribution in [2.45, 2.75) is 20.3 Å². The zero-order chi connectivity index (χ0) is 8.27. The summed E-state index contributed by atoms with van der Waals surface area (Å²) in [5.74, 6) is 0.298. The molecule has 0 unspecified atom stereocenters. The summed E-state index contributed by atoms with van der Waals surface area (Å²) in [6, 6.07) is 0. The normalized spacial score (nSPS) is 12.9. The van der Waals surface area contributed by atoms with Crippen molar-refractivity contribution in [3.05, 3.63) is 18.2 Å². The van der Waals surface area contributed by atoms with E-state index in [1.54, 1.807) is 13.3 Å². The summed E-state index contributed by atoms with van der Waals surface area (Å²) in [7, 11) is 0. The summed E-state index contributed by atoms with van der Waals surface area (Å²) >= 11 is 0. The number of aromatic nitrogens is 2. The first-order valence-corrected chi connectivity index (χ1v) is 3.68. The van der Waals surface area contributed by atoms with E-state index < -0.39 is 0 Å². The zero-order valence-corrected chi connectivity index (χ0v) is 6.79. The second-order valence-electron chi connectivity index (χ2n) is 2.78. The van der Waals surface area contributed by atoms with Gasteiger partial charge in [0.25, 0.3) is 0 Å². The molecule has 0 aliphatic heterocycles. The fourth-order valence-electron chi connectivity index (χ4n) is 0.860. The van der Waals surface area contributed by atoms with Crippen LogP contribution in [0, 0.1) is 5.92 Å². The van der Waals surface area contributed by atoms with Gasteiger partial charge in [-0.15, -0.1) is 0 Å². The molecule has 1 rings (SSSR count). The van der Waals surface area contributed by atoms with E-state index in [4.69, 9.17) is 0 Å². The summed E-state index contributed by atoms with van der Waals surface area (Å²) < 4.78 is 0. The van der Waals surface area contributed by atoms with Crippen LogP contribution in [0.15, 0.2) is 12.5 Å². The average molecular weight is 152 g/mol. The number of H-pyrrole nitrogens is 1. The van der Waals surface area contributed by atoms with E-state index in [1.807, 2.05) is 13.1 Å². The van der Waals surface area contributed by atoms with E-state index in [-0.39, 0.29) is 11.7 Å². The quantitative estimate of drug-likeness (QED) is 0.706. The van der Waals surface area contributed by atoms with Gasteiger partial charge in [-0.1, -0.05) is 6.92 Å². The molecule has 0 bridgehead atoms. The largest absolute Gasteiger partial charge is 0.351 e. The number of nitrogens with zero attached hydrogens (tertiary/aromatic N) is 1. The molecule has 0 amide bonds. The molecule has 0 radical (unpaired) electrons. The van der Waals surface area contributed by atoms with E-state index in [0.717, 1.165) is 12.1 Å². The first-order chi connectivity index (χ1) is 5.20. The van der Waals surface area contributed by atoms with Gasteiger partial charge in [0.05, 0.1) is 12.0 Å². The molecule has 0 aliphatic carbocycles. The average Bonchev–Trinajstić information content (AvgIpc) is 2.39. The summed E-state index contributed by atoms with van der Waals surface area (Å²) in [6.07, 6.45) is 4.18. The molecule has 1 heterocycles. The van der Waals surface area contributed by atoms with Crippen LogP contribution in [0.1, 0.15) is 19.5 Å². The number of ketones is 1. The Hall–Kier alpha value is -1.12. The number of aromatic amines is 1. The molecule has 11 heavy (non-hydrogen) atoms. The molecule has 0 aliphatic rings. The van der Waals surface area contributed by atoms with Crippen LogP contribution in [-0.2, 0) is 11.2 Å². The van der Waals surface area contributed by atoms with Crippen LogP contribution in [0.4, 0.5) is 0 Å². The predicted octanol–water partition coefficient (Wildman–Crippen LogP) is 1.18. The highest BCUT2D eigenvalue weighted by Crippen LogP contribution is 2.04. The Labute approximate surface area is 65.8 Å². The lowest BCUT2D eigenvalue weighted by Crippen LogP contribution is -2.09. The van der Waals surface area contributed by atoms with Crippen molar-refractivity contribution >= 4 is 5.78 Å². The van der Waals surface area contributed by atoms with Gasteiger partial charge in [0.1, 0.15) is 5.78 Å². The van der Waals surface area contributed by atoms with E-state index in [2.05, 4.69) is 9.97 Å². The lowest BCUT2D eigenvalue weighted by molar-refractivity contribution is -0.120. The summed E-state index contributed by atoms with van der Waals surface area (Å²) in [5.41, 5.74) is 0.952. The molecule has 0 spiro atoms.